The minimum atomic E-state index is -4.76. The molecule has 34 heavy (non-hydrogen) atoms. The van der Waals surface area contributed by atoms with Crippen molar-refractivity contribution in [3.8, 4) is 11.5 Å². The first-order chi connectivity index (χ1) is 16.3. The van der Waals surface area contributed by atoms with E-state index in [0.29, 0.717) is 33.7 Å². The number of para-hydroxylation sites is 1. The average Bonchev–Trinajstić information content (AvgIpc) is 3.19. The van der Waals surface area contributed by atoms with E-state index >= 15 is 0 Å². The number of urea groups is 1. The van der Waals surface area contributed by atoms with E-state index in [9.17, 15) is 18.0 Å². The van der Waals surface area contributed by atoms with Crippen LogP contribution in [0.15, 0.2) is 71.6 Å². The number of alkyl halides is 3. The number of hydrogen-bond acceptors (Lipinski definition) is 5. The van der Waals surface area contributed by atoms with E-state index in [-0.39, 0.29) is 12.4 Å². The molecule has 0 bridgehead atoms. The van der Waals surface area contributed by atoms with Gasteiger partial charge in [-0.15, -0.1) is 24.9 Å². The third-order valence-electron chi connectivity index (χ3n) is 4.66. The van der Waals surface area contributed by atoms with Crippen molar-refractivity contribution in [1.82, 2.24) is 10.2 Å². The number of hydrogen-bond donors (Lipinski definition) is 3. The third kappa shape index (κ3) is 5.93. The Morgan fingerprint density at radius 2 is 1.85 bits per heavy atom. The fraction of sp³-hybridized carbons (Fsp3) is 0.130. The zero-order valence-corrected chi connectivity index (χ0v) is 18.6. The largest absolute Gasteiger partial charge is 0.573 e. The average molecular weight is 488 g/mol. The number of ether oxygens (including phenoxy) is 2. The highest BCUT2D eigenvalue weighted by Gasteiger charge is 2.31. The third-order valence-corrected chi connectivity index (χ3v) is 5.45. The van der Waals surface area contributed by atoms with Crippen molar-refractivity contribution in [2.24, 2.45) is 0 Å². The molecule has 0 aliphatic carbocycles. The lowest BCUT2D eigenvalue weighted by molar-refractivity contribution is -0.274. The van der Waals surface area contributed by atoms with Crippen molar-refractivity contribution in [1.29, 1.82) is 0 Å². The number of carbonyl (C=O) groups excluding carboxylic acids is 1. The normalized spacial score (nSPS) is 11.3. The summed E-state index contributed by atoms with van der Waals surface area (Å²) in [5, 5.41) is 13.1. The van der Waals surface area contributed by atoms with Crippen LogP contribution in [0.2, 0.25) is 0 Å². The molecule has 4 aromatic rings. The van der Waals surface area contributed by atoms with E-state index in [1.165, 1.54) is 30.0 Å². The van der Waals surface area contributed by atoms with Crippen LogP contribution in [0.1, 0.15) is 5.56 Å². The Labute approximate surface area is 196 Å². The van der Waals surface area contributed by atoms with Crippen LogP contribution in [0.25, 0.3) is 10.9 Å². The lowest BCUT2D eigenvalue weighted by Crippen LogP contribution is -2.20. The number of fused-ring (bicyclic) bond motifs is 1. The number of rotatable bonds is 7. The number of H-pyrrole nitrogens is 1. The summed E-state index contributed by atoms with van der Waals surface area (Å²) in [6.45, 7) is 0.0210. The van der Waals surface area contributed by atoms with Crippen molar-refractivity contribution in [3.05, 3.63) is 72.3 Å². The Bertz CT molecular complexity index is 1310. The van der Waals surface area contributed by atoms with Gasteiger partial charge in [-0.1, -0.05) is 24.3 Å². The number of carbonyl (C=O) groups is 1. The summed E-state index contributed by atoms with van der Waals surface area (Å²) >= 11 is 1.51. The predicted octanol–water partition coefficient (Wildman–Crippen LogP) is 6.41. The number of anilines is 2. The minimum absolute atomic E-state index is 0.0210. The second-order valence-electron chi connectivity index (χ2n) is 7.04. The number of aromatic amines is 1. The van der Waals surface area contributed by atoms with E-state index in [1.807, 2.05) is 24.5 Å². The maximum Gasteiger partial charge on any atom is 0.573 e. The molecule has 11 heteroatoms. The standard InChI is InChI=1S/C23H19F3N4O3S/c1-34-20-8-3-2-7-19(20)27-22(31)28-21-17-12-15(9-10-18(17)29-30-21)32-13-14-5-4-6-16(11-14)33-23(24,25)26/h2-12H,13H2,1H3,(H3,27,28,29,30,31). The Morgan fingerprint density at radius 1 is 1.03 bits per heavy atom. The summed E-state index contributed by atoms with van der Waals surface area (Å²) in [5.41, 5.74) is 1.85. The summed E-state index contributed by atoms with van der Waals surface area (Å²) in [4.78, 5) is 13.4. The van der Waals surface area contributed by atoms with Crippen LogP contribution < -0.4 is 20.1 Å². The Morgan fingerprint density at radius 3 is 2.65 bits per heavy atom. The molecule has 0 aliphatic rings. The molecular formula is C23H19F3N4O3S. The number of aromatic nitrogens is 2. The number of benzene rings is 3. The van der Waals surface area contributed by atoms with Gasteiger partial charge in [0.15, 0.2) is 5.82 Å². The number of thioether (sulfide) groups is 1. The molecule has 0 fully saturated rings. The number of nitrogens with zero attached hydrogens (tertiary/aromatic N) is 1. The maximum atomic E-state index is 12.5. The van der Waals surface area contributed by atoms with Crippen molar-refractivity contribution in [2.45, 2.75) is 17.9 Å². The zero-order valence-electron chi connectivity index (χ0n) is 17.8. The molecule has 0 unspecified atom stereocenters. The molecule has 4 rings (SSSR count). The molecule has 0 aliphatic heterocycles. The number of nitrogens with one attached hydrogen (secondary N) is 3. The van der Waals surface area contributed by atoms with Crippen LogP contribution in [0, 0.1) is 0 Å². The Hall–Kier alpha value is -3.86. The summed E-state index contributed by atoms with van der Waals surface area (Å²) in [6.07, 6.45) is -2.85. The van der Waals surface area contributed by atoms with Crippen molar-refractivity contribution < 1.29 is 27.4 Å². The molecule has 2 amide bonds. The topological polar surface area (TPSA) is 88.3 Å². The fourth-order valence-electron chi connectivity index (χ4n) is 3.19. The predicted molar refractivity (Wildman–Crippen MR) is 124 cm³/mol. The van der Waals surface area contributed by atoms with Gasteiger partial charge in [0.2, 0.25) is 0 Å². The molecule has 3 N–H and O–H groups in total. The second-order valence-corrected chi connectivity index (χ2v) is 7.89. The summed E-state index contributed by atoms with van der Waals surface area (Å²) in [6, 6.07) is 17.6. The van der Waals surface area contributed by atoms with Crippen molar-refractivity contribution in [3.63, 3.8) is 0 Å². The van der Waals surface area contributed by atoms with E-state index in [2.05, 4.69) is 25.6 Å². The first kappa shape index (κ1) is 23.3. The quantitative estimate of drug-likeness (QED) is 0.262. The van der Waals surface area contributed by atoms with Crippen LogP contribution in [0.5, 0.6) is 11.5 Å². The molecule has 7 nitrogen and oxygen atoms in total. The van der Waals surface area contributed by atoms with Gasteiger partial charge in [-0.25, -0.2) is 4.79 Å². The van der Waals surface area contributed by atoms with E-state index in [0.717, 1.165) is 4.90 Å². The lowest BCUT2D eigenvalue weighted by Gasteiger charge is -2.11. The second kappa shape index (κ2) is 9.96. The number of amides is 2. The minimum Gasteiger partial charge on any atom is -0.489 e. The van der Waals surface area contributed by atoms with Gasteiger partial charge < -0.3 is 14.8 Å². The van der Waals surface area contributed by atoms with Gasteiger partial charge in [0.05, 0.1) is 11.2 Å². The van der Waals surface area contributed by atoms with Crippen LogP contribution in [-0.2, 0) is 6.61 Å². The van der Waals surface area contributed by atoms with Crippen LogP contribution in [0.4, 0.5) is 29.5 Å². The van der Waals surface area contributed by atoms with Gasteiger partial charge in [0.25, 0.3) is 0 Å². The Kier molecular flexibility index (Phi) is 6.82. The van der Waals surface area contributed by atoms with Gasteiger partial charge in [0.1, 0.15) is 18.1 Å². The van der Waals surface area contributed by atoms with E-state index in [1.54, 1.807) is 30.3 Å². The molecule has 3 aromatic carbocycles. The molecular weight excluding hydrogens is 469 g/mol. The lowest BCUT2D eigenvalue weighted by atomic mass is 10.2. The number of halogens is 3. The summed E-state index contributed by atoms with van der Waals surface area (Å²) in [5.74, 6) is 0.437. The molecule has 176 valence electrons. The SMILES string of the molecule is CSc1ccccc1NC(=O)Nc1n[nH]c2ccc(OCc3cccc(OC(F)(F)F)c3)cc12. The molecule has 1 heterocycles. The van der Waals surface area contributed by atoms with Gasteiger partial charge >= 0.3 is 12.4 Å². The molecule has 0 atom stereocenters. The van der Waals surface area contributed by atoms with E-state index in [4.69, 9.17) is 4.74 Å². The highest BCUT2D eigenvalue weighted by molar-refractivity contribution is 7.98. The highest BCUT2D eigenvalue weighted by Crippen LogP contribution is 2.28. The van der Waals surface area contributed by atoms with E-state index < -0.39 is 12.4 Å². The molecule has 0 spiro atoms. The molecule has 0 saturated carbocycles. The molecule has 1 aromatic heterocycles. The fourth-order valence-corrected chi connectivity index (χ4v) is 3.74. The monoisotopic (exact) mass is 488 g/mol. The van der Waals surface area contributed by atoms with Gasteiger partial charge in [-0.05, 0) is 54.3 Å². The van der Waals surface area contributed by atoms with Gasteiger partial charge in [-0.2, -0.15) is 5.10 Å². The summed E-state index contributed by atoms with van der Waals surface area (Å²) < 4.78 is 47.0. The van der Waals surface area contributed by atoms with Gasteiger partial charge in [0, 0.05) is 10.3 Å². The highest BCUT2D eigenvalue weighted by atomic mass is 32.2. The summed E-state index contributed by atoms with van der Waals surface area (Å²) in [7, 11) is 0. The first-order valence-electron chi connectivity index (χ1n) is 9.97. The van der Waals surface area contributed by atoms with Crippen molar-refractivity contribution in [2.75, 3.05) is 16.9 Å². The van der Waals surface area contributed by atoms with Gasteiger partial charge in [-0.3, -0.25) is 10.4 Å². The smallest absolute Gasteiger partial charge is 0.489 e. The van der Waals surface area contributed by atoms with Crippen LogP contribution in [-0.4, -0.2) is 28.8 Å². The molecule has 0 radical (unpaired) electrons. The maximum absolute atomic E-state index is 12.5. The van der Waals surface area contributed by atoms with Crippen LogP contribution >= 0.6 is 11.8 Å². The molecule has 0 saturated heterocycles. The Balaban J connectivity index is 1.44. The first-order valence-corrected chi connectivity index (χ1v) is 11.2. The van der Waals surface area contributed by atoms with Crippen molar-refractivity contribution >= 4 is 40.2 Å². The van der Waals surface area contributed by atoms with Crippen LogP contribution in [0.3, 0.4) is 0 Å². The zero-order chi connectivity index (χ0) is 24.1.